The largest absolute Gasteiger partial charge is 0.438 e. The smallest absolute Gasteiger partial charge is 0.324 e. The minimum absolute atomic E-state index is 0.122. The van der Waals surface area contributed by atoms with Crippen LogP contribution < -0.4 is 4.74 Å². The average molecular weight is 495 g/mol. The predicted molar refractivity (Wildman–Crippen MR) is 141 cm³/mol. The van der Waals surface area contributed by atoms with E-state index in [0.717, 1.165) is 17.5 Å². The molecule has 2 aromatic rings. The zero-order valence-corrected chi connectivity index (χ0v) is 21.6. The zero-order valence-electron chi connectivity index (χ0n) is 20.8. The van der Waals surface area contributed by atoms with Gasteiger partial charge in [0, 0.05) is 6.42 Å². The van der Waals surface area contributed by atoms with Gasteiger partial charge in [0.05, 0.1) is 0 Å². The highest BCUT2D eigenvalue weighted by molar-refractivity contribution is 6.26. The van der Waals surface area contributed by atoms with Gasteiger partial charge in [0.15, 0.2) is 0 Å². The molecule has 186 valence electrons. The molecule has 0 N–H and O–H groups in total. The quantitative estimate of drug-likeness (QED) is 0.139. The lowest BCUT2D eigenvalue weighted by molar-refractivity contribution is -0.156. The van der Waals surface area contributed by atoms with Gasteiger partial charge in [-0.15, -0.1) is 0 Å². The summed E-state index contributed by atoms with van der Waals surface area (Å²) in [6.45, 7) is 6.05. The number of unbranched alkanes of at least 4 members (excludes halogenated alkanes) is 3. The van der Waals surface area contributed by atoms with Gasteiger partial charge in [0.25, 0.3) is 0 Å². The van der Waals surface area contributed by atoms with Gasteiger partial charge < -0.3 is 9.47 Å². The first-order valence-electron chi connectivity index (χ1n) is 12.5. The third kappa shape index (κ3) is 7.83. The lowest BCUT2D eigenvalue weighted by Crippen LogP contribution is -2.42. The van der Waals surface area contributed by atoms with Crippen LogP contribution in [-0.2, 0) is 20.7 Å². The van der Waals surface area contributed by atoms with E-state index in [0.29, 0.717) is 5.75 Å². The second-order valence-electron chi connectivity index (χ2n) is 9.44. The van der Waals surface area contributed by atoms with Crippen molar-refractivity contribution in [2.24, 2.45) is 11.8 Å². The monoisotopic (exact) mass is 494 g/mol. The minimum Gasteiger partial charge on any atom is -0.438 e. The van der Waals surface area contributed by atoms with Gasteiger partial charge in [-0.3, -0.25) is 9.59 Å². The summed E-state index contributed by atoms with van der Waals surface area (Å²) in [4.78, 5) is 25.1. The van der Waals surface area contributed by atoms with Crippen molar-refractivity contribution in [2.75, 3.05) is 0 Å². The maximum absolute atomic E-state index is 12.9. The SMILES string of the molecule is CCCCCCc1ccc(-c2ccc(OC(=O)C3C=CC=CC3(Cl)OC(=O)CC(C)C)cc2)cc1. The molecule has 0 bridgehead atoms. The number of hydrogen-bond donors (Lipinski definition) is 0. The highest BCUT2D eigenvalue weighted by Gasteiger charge is 2.44. The Morgan fingerprint density at radius 1 is 0.943 bits per heavy atom. The molecule has 2 aromatic carbocycles. The Morgan fingerprint density at radius 2 is 1.60 bits per heavy atom. The Balaban J connectivity index is 1.61. The Hall–Kier alpha value is -2.85. The third-order valence-corrected chi connectivity index (χ3v) is 6.38. The maximum atomic E-state index is 12.9. The standard InChI is InChI=1S/C30H35ClO4/c1-4-5-6-7-10-23-12-14-24(15-13-23)25-16-18-26(19-17-25)34-29(33)27-11-8-9-20-30(27,31)35-28(32)21-22(2)3/h8-9,11-20,22,27H,4-7,10,21H2,1-3H3. The van der Waals surface area contributed by atoms with Gasteiger partial charge in [-0.25, -0.2) is 0 Å². The molecule has 0 aromatic heterocycles. The topological polar surface area (TPSA) is 52.6 Å². The normalized spacial score (nSPS) is 19.1. The molecule has 0 saturated heterocycles. The number of allylic oxidation sites excluding steroid dienone is 2. The number of halogens is 1. The van der Waals surface area contributed by atoms with Gasteiger partial charge in [0.1, 0.15) is 11.7 Å². The van der Waals surface area contributed by atoms with E-state index >= 15 is 0 Å². The summed E-state index contributed by atoms with van der Waals surface area (Å²) in [7, 11) is 0. The molecule has 0 fully saturated rings. The summed E-state index contributed by atoms with van der Waals surface area (Å²) in [5.41, 5.74) is 3.50. The van der Waals surface area contributed by atoms with Crippen molar-refractivity contribution >= 4 is 23.5 Å². The van der Waals surface area contributed by atoms with Crippen molar-refractivity contribution in [1.29, 1.82) is 0 Å². The van der Waals surface area contributed by atoms with Gasteiger partial charge in [-0.05, 0) is 53.7 Å². The highest BCUT2D eigenvalue weighted by atomic mass is 35.5. The van der Waals surface area contributed by atoms with Crippen molar-refractivity contribution in [3.63, 3.8) is 0 Å². The molecular weight excluding hydrogens is 460 g/mol. The molecule has 4 nitrogen and oxygen atoms in total. The van der Waals surface area contributed by atoms with Crippen LogP contribution in [0.2, 0.25) is 0 Å². The number of carbonyl (C=O) groups excluding carboxylic acids is 2. The summed E-state index contributed by atoms with van der Waals surface area (Å²) < 4.78 is 11.1. The van der Waals surface area contributed by atoms with E-state index in [1.807, 2.05) is 26.0 Å². The summed E-state index contributed by atoms with van der Waals surface area (Å²) in [6, 6.07) is 16.0. The van der Waals surface area contributed by atoms with Gasteiger partial charge in [-0.2, -0.15) is 0 Å². The van der Waals surface area contributed by atoms with E-state index in [1.54, 1.807) is 30.4 Å². The van der Waals surface area contributed by atoms with Crippen LogP contribution in [0.25, 0.3) is 11.1 Å². The molecule has 2 unspecified atom stereocenters. The molecule has 35 heavy (non-hydrogen) atoms. The molecule has 0 amide bonds. The Bertz CT molecular complexity index is 1040. The van der Waals surface area contributed by atoms with E-state index in [9.17, 15) is 9.59 Å². The van der Waals surface area contributed by atoms with Crippen molar-refractivity contribution in [3.8, 4) is 16.9 Å². The number of hydrogen-bond acceptors (Lipinski definition) is 4. The minimum atomic E-state index is -1.60. The average Bonchev–Trinajstić information content (AvgIpc) is 2.82. The van der Waals surface area contributed by atoms with Crippen LogP contribution in [-0.4, -0.2) is 17.0 Å². The van der Waals surface area contributed by atoms with E-state index in [1.165, 1.54) is 37.3 Å². The fraction of sp³-hybridized carbons (Fsp3) is 0.400. The zero-order chi connectivity index (χ0) is 25.3. The number of benzene rings is 2. The van der Waals surface area contributed by atoms with Crippen molar-refractivity contribution < 1.29 is 19.1 Å². The number of alkyl halides is 1. The van der Waals surface area contributed by atoms with Crippen LogP contribution in [0.15, 0.2) is 72.8 Å². The first kappa shape index (κ1) is 26.7. The molecule has 0 saturated carbocycles. The second-order valence-corrected chi connectivity index (χ2v) is 10.0. The van der Waals surface area contributed by atoms with Crippen molar-refractivity contribution in [3.05, 3.63) is 78.4 Å². The molecule has 3 rings (SSSR count). The van der Waals surface area contributed by atoms with E-state index in [-0.39, 0.29) is 12.3 Å². The fourth-order valence-corrected chi connectivity index (χ4v) is 4.32. The van der Waals surface area contributed by atoms with Crippen LogP contribution in [0, 0.1) is 11.8 Å². The molecule has 1 aliphatic rings. The molecular formula is C30H35ClO4. The Labute approximate surface area is 214 Å². The molecule has 2 atom stereocenters. The lowest BCUT2D eigenvalue weighted by Gasteiger charge is -2.31. The third-order valence-electron chi connectivity index (χ3n) is 5.94. The van der Waals surface area contributed by atoms with E-state index in [2.05, 4.69) is 31.2 Å². The number of esters is 2. The van der Waals surface area contributed by atoms with Crippen LogP contribution in [0.1, 0.15) is 58.4 Å². The highest BCUT2D eigenvalue weighted by Crippen LogP contribution is 2.35. The summed E-state index contributed by atoms with van der Waals surface area (Å²) in [5.74, 6) is -1.46. The van der Waals surface area contributed by atoms with Crippen LogP contribution in [0.3, 0.4) is 0 Å². The number of aryl methyl sites for hydroxylation is 1. The number of rotatable bonds is 11. The van der Waals surface area contributed by atoms with Gasteiger partial charge >= 0.3 is 11.9 Å². The van der Waals surface area contributed by atoms with E-state index in [4.69, 9.17) is 21.1 Å². The molecule has 1 aliphatic carbocycles. The Morgan fingerprint density at radius 3 is 2.23 bits per heavy atom. The maximum Gasteiger partial charge on any atom is 0.324 e. The van der Waals surface area contributed by atoms with Crippen LogP contribution in [0.5, 0.6) is 5.75 Å². The molecule has 0 spiro atoms. The first-order valence-corrected chi connectivity index (χ1v) is 12.9. The van der Waals surface area contributed by atoms with Crippen LogP contribution in [0.4, 0.5) is 0 Å². The summed E-state index contributed by atoms with van der Waals surface area (Å²) in [5, 5.41) is -1.60. The number of carbonyl (C=O) groups is 2. The molecule has 0 aliphatic heterocycles. The summed E-state index contributed by atoms with van der Waals surface area (Å²) in [6.07, 6.45) is 12.8. The Kier molecular flexibility index (Phi) is 9.73. The molecule has 5 heteroatoms. The fourth-order valence-electron chi connectivity index (χ4n) is 4.00. The molecule has 0 heterocycles. The second kappa shape index (κ2) is 12.7. The predicted octanol–water partition coefficient (Wildman–Crippen LogP) is 7.65. The van der Waals surface area contributed by atoms with Gasteiger partial charge in [-0.1, -0.05) is 106 Å². The molecule has 0 radical (unpaired) electrons. The lowest BCUT2D eigenvalue weighted by atomic mass is 9.96. The first-order chi connectivity index (χ1) is 16.8. The van der Waals surface area contributed by atoms with Gasteiger partial charge in [0.2, 0.25) is 5.06 Å². The van der Waals surface area contributed by atoms with E-state index < -0.39 is 22.9 Å². The van der Waals surface area contributed by atoms with Crippen LogP contribution >= 0.6 is 11.6 Å². The van der Waals surface area contributed by atoms with Crippen molar-refractivity contribution in [2.45, 2.75) is 64.4 Å². The summed E-state index contributed by atoms with van der Waals surface area (Å²) >= 11 is 6.56. The number of ether oxygens (including phenoxy) is 2. The van der Waals surface area contributed by atoms with Crippen molar-refractivity contribution in [1.82, 2.24) is 0 Å².